The third-order valence-corrected chi connectivity index (χ3v) is 3.53. The molecule has 2 aromatic carbocycles. The summed E-state index contributed by atoms with van der Waals surface area (Å²) in [5.41, 5.74) is 3.24. The van der Waals surface area contributed by atoms with Crippen LogP contribution in [-0.4, -0.2) is 23.6 Å². The van der Waals surface area contributed by atoms with Crippen molar-refractivity contribution in [3.05, 3.63) is 58.7 Å². The van der Waals surface area contributed by atoms with Gasteiger partial charge in [-0.1, -0.05) is 23.8 Å². The summed E-state index contributed by atoms with van der Waals surface area (Å²) >= 11 is 0. The Morgan fingerprint density at radius 2 is 1.87 bits per heavy atom. The smallest absolute Gasteiger partial charge is 0.336 e. The highest BCUT2D eigenvalue weighted by Gasteiger charge is 2.12. The molecule has 2 rings (SSSR count). The van der Waals surface area contributed by atoms with Crippen molar-refractivity contribution in [3.63, 3.8) is 0 Å². The summed E-state index contributed by atoms with van der Waals surface area (Å²) in [7, 11) is 0. The van der Waals surface area contributed by atoms with E-state index in [2.05, 4.69) is 5.32 Å². The van der Waals surface area contributed by atoms with Gasteiger partial charge in [0.05, 0.1) is 5.56 Å². The van der Waals surface area contributed by atoms with Crippen LogP contribution in [0.15, 0.2) is 36.4 Å². The van der Waals surface area contributed by atoms with Gasteiger partial charge in [-0.05, 0) is 50.1 Å². The molecule has 0 atom stereocenters. The first-order valence-electron chi connectivity index (χ1n) is 7.21. The molecule has 5 heteroatoms. The SMILES string of the molecule is Cc1ccc(OCC(=O)Nc2cccc(C(=O)O)c2C)c(C)c1. The molecule has 0 unspecified atom stereocenters. The molecule has 0 aliphatic heterocycles. The molecule has 0 saturated heterocycles. The Balaban J connectivity index is 2.03. The minimum atomic E-state index is -1.02. The molecule has 0 saturated carbocycles. The number of hydrogen-bond donors (Lipinski definition) is 2. The summed E-state index contributed by atoms with van der Waals surface area (Å²) in [4.78, 5) is 23.1. The highest BCUT2D eigenvalue weighted by Crippen LogP contribution is 2.20. The molecule has 0 aromatic heterocycles. The van der Waals surface area contributed by atoms with Crippen LogP contribution in [0.4, 0.5) is 5.69 Å². The van der Waals surface area contributed by atoms with Crippen molar-refractivity contribution in [1.29, 1.82) is 0 Å². The van der Waals surface area contributed by atoms with E-state index < -0.39 is 5.97 Å². The number of carbonyl (C=O) groups is 2. The standard InChI is InChI=1S/C18H19NO4/c1-11-7-8-16(12(2)9-11)23-10-17(20)19-15-6-4-5-14(13(15)3)18(21)22/h4-9H,10H2,1-3H3,(H,19,20)(H,21,22). The maximum Gasteiger partial charge on any atom is 0.336 e. The van der Waals surface area contributed by atoms with Gasteiger partial charge in [-0.15, -0.1) is 0 Å². The fourth-order valence-electron chi connectivity index (χ4n) is 2.29. The van der Waals surface area contributed by atoms with Gasteiger partial charge in [-0.25, -0.2) is 4.79 Å². The Kier molecular flexibility index (Phi) is 5.01. The Morgan fingerprint density at radius 1 is 1.13 bits per heavy atom. The van der Waals surface area contributed by atoms with Gasteiger partial charge in [0.2, 0.25) is 0 Å². The minimum Gasteiger partial charge on any atom is -0.483 e. The quantitative estimate of drug-likeness (QED) is 0.888. The van der Waals surface area contributed by atoms with E-state index >= 15 is 0 Å². The molecule has 2 N–H and O–H groups in total. The van der Waals surface area contributed by atoms with Gasteiger partial charge < -0.3 is 15.2 Å². The third kappa shape index (κ3) is 4.10. The molecule has 0 aliphatic rings. The summed E-state index contributed by atoms with van der Waals surface area (Å²) in [6.45, 7) is 5.42. The molecule has 120 valence electrons. The van der Waals surface area contributed by atoms with E-state index in [9.17, 15) is 9.59 Å². The molecule has 0 spiro atoms. The average Bonchev–Trinajstić information content (AvgIpc) is 2.48. The summed E-state index contributed by atoms with van der Waals surface area (Å²) in [5.74, 6) is -0.706. The maximum absolute atomic E-state index is 12.0. The Labute approximate surface area is 134 Å². The Morgan fingerprint density at radius 3 is 2.52 bits per heavy atom. The topological polar surface area (TPSA) is 75.6 Å². The molecule has 0 fully saturated rings. The zero-order valence-electron chi connectivity index (χ0n) is 13.3. The monoisotopic (exact) mass is 313 g/mol. The lowest BCUT2D eigenvalue weighted by Gasteiger charge is -2.12. The van der Waals surface area contributed by atoms with Crippen LogP contribution in [0.1, 0.15) is 27.0 Å². The van der Waals surface area contributed by atoms with Crippen molar-refractivity contribution in [2.45, 2.75) is 20.8 Å². The van der Waals surface area contributed by atoms with Gasteiger partial charge >= 0.3 is 5.97 Å². The zero-order valence-corrected chi connectivity index (χ0v) is 13.3. The molecule has 5 nitrogen and oxygen atoms in total. The third-order valence-electron chi connectivity index (χ3n) is 3.53. The van der Waals surface area contributed by atoms with Gasteiger partial charge in [0.25, 0.3) is 5.91 Å². The number of aromatic carboxylic acids is 1. The number of ether oxygens (including phenoxy) is 1. The second-order valence-electron chi connectivity index (χ2n) is 5.39. The van der Waals surface area contributed by atoms with E-state index in [1.54, 1.807) is 19.1 Å². The van der Waals surface area contributed by atoms with Crippen LogP contribution in [0.3, 0.4) is 0 Å². The average molecular weight is 313 g/mol. The Bertz CT molecular complexity index is 753. The molecule has 0 heterocycles. The number of benzene rings is 2. The molecule has 23 heavy (non-hydrogen) atoms. The van der Waals surface area contributed by atoms with Crippen molar-refractivity contribution < 1.29 is 19.4 Å². The molecular formula is C18H19NO4. The zero-order chi connectivity index (χ0) is 17.0. The molecular weight excluding hydrogens is 294 g/mol. The first-order valence-corrected chi connectivity index (χ1v) is 7.21. The lowest BCUT2D eigenvalue weighted by molar-refractivity contribution is -0.118. The number of amides is 1. The highest BCUT2D eigenvalue weighted by atomic mass is 16.5. The largest absolute Gasteiger partial charge is 0.483 e. The summed E-state index contributed by atoms with van der Waals surface area (Å²) in [6.07, 6.45) is 0. The first kappa shape index (κ1) is 16.5. The second-order valence-corrected chi connectivity index (χ2v) is 5.39. The maximum atomic E-state index is 12.0. The van der Waals surface area contributed by atoms with Gasteiger partial charge in [-0.3, -0.25) is 4.79 Å². The number of carboxylic acid groups (broad SMARTS) is 1. The normalized spacial score (nSPS) is 10.2. The first-order chi connectivity index (χ1) is 10.9. The fourth-order valence-corrected chi connectivity index (χ4v) is 2.29. The number of aryl methyl sites for hydroxylation is 2. The van der Waals surface area contributed by atoms with E-state index in [1.165, 1.54) is 6.07 Å². The van der Waals surface area contributed by atoms with Crippen molar-refractivity contribution in [3.8, 4) is 5.75 Å². The summed E-state index contributed by atoms with van der Waals surface area (Å²) in [5, 5.41) is 11.8. The van der Waals surface area contributed by atoms with E-state index in [4.69, 9.17) is 9.84 Å². The molecule has 0 bridgehead atoms. The minimum absolute atomic E-state index is 0.138. The molecule has 2 aromatic rings. The van der Waals surface area contributed by atoms with E-state index in [1.807, 2.05) is 32.0 Å². The van der Waals surface area contributed by atoms with E-state index in [0.29, 0.717) is 17.0 Å². The number of anilines is 1. The van der Waals surface area contributed by atoms with Crippen molar-refractivity contribution >= 4 is 17.6 Å². The molecule has 0 aliphatic carbocycles. The fraction of sp³-hybridized carbons (Fsp3) is 0.222. The predicted octanol–water partition coefficient (Wildman–Crippen LogP) is 3.33. The van der Waals surface area contributed by atoms with Gasteiger partial charge in [0.15, 0.2) is 6.61 Å². The van der Waals surface area contributed by atoms with Crippen LogP contribution in [0.2, 0.25) is 0 Å². The lowest BCUT2D eigenvalue weighted by atomic mass is 10.1. The van der Waals surface area contributed by atoms with Gasteiger partial charge in [0, 0.05) is 5.69 Å². The summed E-state index contributed by atoms with van der Waals surface area (Å²) < 4.78 is 5.51. The van der Waals surface area contributed by atoms with Crippen molar-refractivity contribution in [2.24, 2.45) is 0 Å². The number of carbonyl (C=O) groups excluding carboxylic acids is 1. The number of hydrogen-bond acceptors (Lipinski definition) is 3. The number of nitrogens with one attached hydrogen (secondary N) is 1. The van der Waals surface area contributed by atoms with Gasteiger partial charge in [0.1, 0.15) is 5.75 Å². The van der Waals surface area contributed by atoms with Crippen molar-refractivity contribution in [1.82, 2.24) is 0 Å². The number of carboxylic acids is 1. The summed E-state index contributed by atoms with van der Waals surface area (Å²) in [6, 6.07) is 10.5. The van der Waals surface area contributed by atoms with Crippen LogP contribution in [0.25, 0.3) is 0 Å². The Hall–Kier alpha value is -2.82. The van der Waals surface area contributed by atoms with Crippen LogP contribution in [-0.2, 0) is 4.79 Å². The van der Waals surface area contributed by atoms with Crippen LogP contribution in [0.5, 0.6) is 5.75 Å². The van der Waals surface area contributed by atoms with E-state index in [0.717, 1.165) is 11.1 Å². The van der Waals surface area contributed by atoms with E-state index in [-0.39, 0.29) is 18.1 Å². The predicted molar refractivity (Wildman–Crippen MR) is 88.2 cm³/mol. The van der Waals surface area contributed by atoms with Crippen molar-refractivity contribution in [2.75, 3.05) is 11.9 Å². The van der Waals surface area contributed by atoms with Crippen LogP contribution < -0.4 is 10.1 Å². The lowest BCUT2D eigenvalue weighted by Crippen LogP contribution is -2.21. The highest BCUT2D eigenvalue weighted by molar-refractivity contribution is 5.96. The number of rotatable bonds is 5. The second kappa shape index (κ2) is 6.96. The molecule has 0 radical (unpaired) electrons. The molecule has 1 amide bonds. The van der Waals surface area contributed by atoms with Crippen LogP contribution in [0, 0.1) is 20.8 Å². The van der Waals surface area contributed by atoms with Crippen LogP contribution >= 0.6 is 0 Å². The van der Waals surface area contributed by atoms with Gasteiger partial charge in [-0.2, -0.15) is 0 Å².